The number of hydrogen-bond acceptors (Lipinski definition) is 6. The number of carbonyl (C=O) groups excluding carboxylic acids is 1. The molecule has 1 N–H and O–H groups in total. The van der Waals surface area contributed by atoms with Crippen LogP contribution in [0.4, 0.5) is 21.7 Å². The number of benzene rings is 2. The van der Waals surface area contributed by atoms with Gasteiger partial charge in [-0.2, -0.15) is 5.10 Å². The van der Waals surface area contributed by atoms with E-state index in [9.17, 15) is 9.18 Å². The van der Waals surface area contributed by atoms with Crippen LogP contribution in [0.25, 0.3) is 11.3 Å². The lowest BCUT2D eigenvalue weighted by atomic mass is 10.1. The lowest BCUT2D eigenvalue weighted by Crippen LogP contribution is -2.47. The SMILES string of the molecule is Cn1nc(-c2ccc(F)cc2)cc1C(=O)Nc1cnc(N2CCN(c3ccccc3)CC2)nc1. The molecule has 5 rings (SSSR count). The quantitative estimate of drug-likeness (QED) is 0.493. The maximum atomic E-state index is 13.2. The van der Waals surface area contributed by atoms with Crippen LogP contribution in [0.1, 0.15) is 10.5 Å². The molecule has 1 aliphatic heterocycles. The third-order valence-electron chi connectivity index (χ3n) is 5.83. The van der Waals surface area contributed by atoms with Crippen LogP contribution in [0, 0.1) is 5.82 Å². The van der Waals surface area contributed by atoms with Crippen molar-refractivity contribution in [3.63, 3.8) is 0 Å². The van der Waals surface area contributed by atoms with Crippen LogP contribution in [0.5, 0.6) is 0 Å². The summed E-state index contributed by atoms with van der Waals surface area (Å²) >= 11 is 0. The summed E-state index contributed by atoms with van der Waals surface area (Å²) in [7, 11) is 1.69. The molecule has 0 atom stereocenters. The van der Waals surface area contributed by atoms with Crippen molar-refractivity contribution >= 4 is 23.2 Å². The van der Waals surface area contributed by atoms with Gasteiger partial charge in [0.15, 0.2) is 0 Å². The van der Waals surface area contributed by atoms with Gasteiger partial charge in [0.05, 0.1) is 23.8 Å². The average Bonchev–Trinajstić information content (AvgIpc) is 3.27. The Bertz CT molecular complexity index is 1270. The Morgan fingerprint density at radius 3 is 2.24 bits per heavy atom. The molecule has 0 bridgehead atoms. The Hall–Kier alpha value is -4.27. The summed E-state index contributed by atoms with van der Waals surface area (Å²) in [6.07, 6.45) is 3.22. The van der Waals surface area contributed by atoms with Crippen LogP contribution in [0.15, 0.2) is 73.1 Å². The van der Waals surface area contributed by atoms with Crippen LogP contribution in [0.2, 0.25) is 0 Å². The standard InChI is InChI=1S/C25H24FN7O/c1-31-23(15-22(30-31)18-7-9-19(26)10-8-18)24(34)29-20-16-27-25(28-17-20)33-13-11-32(12-14-33)21-5-3-2-4-6-21/h2-10,15-17H,11-14H2,1H3,(H,29,34). The van der Waals surface area contributed by atoms with Gasteiger partial charge in [-0.25, -0.2) is 14.4 Å². The molecule has 1 aliphatic rings. The van der Waals surface area contributed by atoms with E-state index in [0.29, 0.717) is 23.0 Å². The van der Waals surface area contributed by atoms with Gasteiger partial charge in [0, 0.05) is 44.5 Å². The van der Waals surface area contributed by atoms with Crippen molar-refractivity contribution in [1.29, 1.82) is 0 Å². The summed E-state index contributed by atoms with van der Waals surface area (Å²) in [5, 5.41) is 7.19. The Labute approximate surface area is 196 Å². The number of anilines is 3. The Morgan fingerprint density at radius 2 is 1.56 bits per heavy atom. The Morgan fingerprint density at radius 1 is 0.912 bits per heavy atom. The van der Waals surface area contributed by atoms with E-state index in [1.165, 1.54) is 22.5 Å². The van der Waals surface area contributed by atoms with Gasteiger partial charge in [-0.15, -0.1) is 0 Å². The van der Waals surface area contributed by atoms with E-state index < -0.39 is 0 Å². The fourth-order valence-corrected chi connectivity index (χ4v) is 3.99. The second kappa shape index (κ2) is 9.30. The van der Waals surface area contributed by atoms with Crippen molar-refractivity contribution in [2.24, 2.45) is 7.05 Å². The van der Waals surface area contributed by atoms with Gasteiger partial charge in [0.1, 0.15) is 11.5 Å². The second-order valence-electron chi connectivity index (χ2n) is 8.08. The van der Waals surface area contributed by atoms with E-state index >= 15 is 0 Å². The maximum absolute atomic E-state index is 13.2. The summed E-state index contributed by atoms with van der Waals surface area (Å²) in [4.78, 5) is 26.2. The fourth-order valence-electron chi connectivity index (χ4n) is 3.99. The average molecular weight is 458 g/mol. The molecule has 0 saturated carbocycles. The normalized spacial score (nSPS) is 13.7. The van der Waals surface area contributed by atoms with Crippen molar-refractivity contribution < 1.29 is 9.18 Å². The number of hydrogen-bond donors (Lipinski definition) is 1. The van der Waals surface area contributed by atoms with E-state index in [4.69, 9.17) is 0 Å². The van der Waals surface area contributed by atoms with Crippen LogP contribution in [-0.4, -0.2) is 51.8 Å². The minimum atomic E-state index is -0.323. The zero-order chi connectivity index (χ0) is 23.5. The predicted octanol–water partition coefficient (Wildman–Crippen LogP) is 3.60. The van der Waals surface area contributed by atoms with Gasteiger partial charge in [-0.3, -0.25) is 9.48 Å². The third-order valence-corrected chi connectivity index (χ3v) is 5.83. The van der Waals surface area contributed by atoms with Crippen molar-refractivity contribution in [3.8, 4) is 11.3 Å². The molecule has 1 saturated heterocycles. The molecule has 0 aliphatic carbocycles. The first-order chi connectivity index (χ1) is 16.6. The number of piperazine rings is 1. The monoisotopic (exact) mass is 457 g/mol. The molecule has 0 spiro atoms. The molecule has 2 aromatic heterocycles. The summed E-state index contributed by atoms with van der Waals surface area (Å²) in [6.45, 7) is 3.43. The molecule has 2 aromatic carbocycles. The smallest absolute Gasteiger partial charge is 0.274 e. The molecular weight excluding hydrogens is 433 g/mol. The topological polar surface area (TPSA) is 79.2 Å². The molecule has 1 fully saturated rings. The minimum Gasteiger partial charge on any atom is -0.368 e. The lowest BCUT2D eigenvalue weighted by molar-refractivity contribution is 0.101. The van der Waals surface area contributed by atoms with Crippen molar-refractivity contribution in [3.05, 3.63) is 84.6 Å². The highest BCUT2D eigenvalue weighted by atomic mass is 19.1. The first-order valence-electron chi connectivity index (χ1n) is 11.1. The number of nitrogens with zero attached hydrogens (tertiary/aromatic N) is 6. The Kier molecular flexibility index (Phi) is 5.90. The second-order valence-corrected chi connectivity index (χ2v) is 8.08. The largest absolute Gasteiger partial charge is 0.368 e. The summed E-state index contributed by atoms with van der Waals surface area (Å²) in [5.74, 6) is 0.000181. The molecule has 0 unspecified atom stereocenters. The van der Waals surface area contributed by atoms with Crippen LogP contribution in [0.3, 0.4) is 0 Å². The van der Waals surface area contributed by atoms with Crippen LogP contribution < -0.4 is 15.1 Å². The van der Waals surface area contributed by atoms with Crippen molar-refractivity contribution in [2.75, 3.05) is 41.3 Å². The van der Waals surface area contributed by atoms with Gasteiger partial charge in [0.2, 0.25) is 5.95 Å². The fraction of sp³-hybridized carbons (Fsp3) is 0.200. The molecule has 3 heterocycles. The zero-order valence-electron chi connectivity index (χ0n) is 18.7. The molecule has 8 nitrogen and oxygen atoms in total. The zero-order valence-corrected chi connectivity index (χ0v) is 18.7. The number of aromatic nitrogens is 4. The van der Waals surface area contributed by atoms with E-state index in [0.717, 1.165) is 31.7 Å². The number of aryl methyl sites for hydroxylation is 1. The van der Waals surface area contributed by atoms with Crippen LogP contribution >= 0.6 is 0 Å². The van der Waals surface area contributed by atoms with Gasteiger partial charge in [-0.1, -0.05) is 18.2 Å². The predicted molar refractivity (Wildman–Crippen MR) is 129 cm³/mol. The van der Waals surface area contributed by atoms with Gasteiger partial charge in [-0.05, 0) is 42.5 Å². The highest BCUT2D eigenvalue weighted by Gasteiger charge is 2.20. The van der Waals surface area contributed by atoms with Gasteiger partial charge in [0.25, 0.3) is 5.91 Å². The number of rotatable bonds is 5. The van der Waals surface area contributed by atoms with Gasteiger partial charge >= 0.3 is 0 Å². The first-order valence-corrected chi connectivity index (χ1v) is 11.1. The summed E-state index contributed by atoms with van der Waals surface area (Å²) in [6, 6.07) is 18.0. The molecular formula is C25H24FN7O. The highest BCUT2D eigenvalue weighted by Crippen LogP contribution is 2.21. The molecule has 0 radical (unpaired) electrons. The molecule has 34 heavy (non-hydrogen) atoms. The first kappa shape index (κ1) is 21.6. The number of nitrogens with one attached hydrogen (secondary N) is 1. The number of carbonyl (C=O) groups is 1. The van der Waals surface area contributed by atoms with Crippen molar-refractivity contribution in [2.45, 2.75) is 0 Å². The van der Waals surface area contributed by atoms with E-state index in [1.54, 1.807) is 37.6 Å². The maximum Gasteiger partial charge on any atom is 0.274 e. The highest BCUT2D eigenvalue weighted by molar-refractivity contribution is 6.03. The minimum absolute atomic E-state index is 0.320. The van der Waals surface area contributed by atoms with Crippen LogP contribution in [-0.2, 0) is 7.05 Å². The number of amides is 1. The molecule has 9 heteroatoms. The number of halogens is 1. The molecule has 4 aromatic rings. The van der Waals surface area contributed by atoms with Gasteiger partial charge < -0.3 is 15.1 Å². The third kappa shape index (κ3) is 4.59. The lowest BCUT2D eigenvalue weighted by Gasteiger charge is -2.36. The van der Waals surface area contributed by atoms with E-state index in [1.807, 2.05) is 18.2 Å². The molecule has 1 amide bonds. The van der Waals surface area contributed by atoms with E-state index in [2.05, 4.69) is 42.3 Å². The van der Waals surface area contributed by atoms with Crippen molar-refractivity contribution in [1.82, 2.24) is 19.7 Å². The molecule has 172 valence electrons. The summed E-state index contributed by atoms with van der Waals surface area (Å²) < 4.78 is 14.7. The summed E-state index contributed by atoms with van der Waals surface area (Å²) in [5.41, 5.74) is 3.42. The Balaban J connectivity index is 1.21. The van der Waals surface area contributed by atoms with E-state index in [-0.39, 0.29) is 11.7 Å². The number of para-hydroxylation sites is 1.